The standard InChI is InChI=1S/C18H20ClFN2O/c19-15-4-2-6-17(12-15)22-9-7-21(8-10-22)13-18(23)14-3-1-5-16(20)11-14/h1-6,11-12,18,23H,7-10,13H2. The topological polar surface area (TPSA) is 26.7 Å². The van der Waals surface area contributed by atoms with Crippen LogP contribution in [0.1, 0.15) is 11.7 Å². The molecule has 2 aromatic rings. The zero-order valence-corrected chi connectivity index (χ0v) is 13.6. The number of anilines is 1. The normalized spacial score (nSPS) is 17.3. The van der Waals surface area contributed by atoms with Gasteiger partial charge in [0.15, 0.2) is 0 Å². The summed E-state index contributed by atoms with van der Waals surface area (Å²) in [7, 11) is 0. The minimum Gasteiger partial charge on any atom is -0.387 e. The van der Waals surface area contributed by atoms with Crippen molar-refractivity contribution in [2.24, 2.45) is 0 Å². The molecule has 0 aliphatic carbocycles. The summed E-state index contributed by atoms with van der Waals surface area (Å²) in [6.07, 6.45) is -0.664. The van der Waals surface area contributed by atoms with Crippen LogP contribution in [0.2, 0.25) is 5.02 Å². The van der Waals surface area contributed by atoms with E-state index in [9.17, 15) is 9.50 Å². The van der Waals surface area contributed by atoms with Crippen molar-refractivity contribution in [3.05, 3.63) is 64.9 Å². The second-order valence-electron chi connectivity index (χ2n) is 5.84. The van der Waals surface area contributed by atoms with E-state index in [0.717, 1.165) is 36.9 Å². The van der Waals surface area contributed by atoms with Crippen molar-refractivity contribution >= 4 is 17.3 Å². The minimum atomic E-state index is -0.664. The van der Waals surface area contributed by atoms with Gasteiger partial charge in [0.1, 0.15) is 5.82 Å². The zero-order chi connectivity index (χ0) is 16.2. The fourth-order valence-electron chi connectivity index (χ4n) is 2.93. The highest BCUT2D eigenvalue weighted by Gasteiger charge is 2.20. The van der Waals surface area contributed by atoms with Gasteiger partial charge in [-0.25, -0.2) is 4.39 Å². The van der Waals surface area contributed by atoms with Gasteiger partial charge in [-0.2, -0.15) is 0 Å². The van der Waals surface area contributed by atoms with Crippen LogP contribution >= 0.6 is 11.6 Å². The maximum Gasteiger partial charge on any atom is 0.123 e. The van der Waals surface area contributed by atoms with Crippen molar-refractivity contribution in [2.75, 3.05) is 37.6 Å². The first kappa shape index (κ1) is 16.2. The van der Waals surface area contributed by atoms with Gasteiger partial charge in [0.25, 0.3) is 0 Å². The highest BCUT2D eigenvalue weighted by atomic mass is 35.5. The van der Waals surface area contributed by atoms with Gasteiger partial charge in [-0.3, -0.25) is 4.90 Å². The lowest BCUT2D eigenvalue weighted by atomic mass is 10.1. The van der Waals surface area contributed by atoms with Gasteiger partial charge >= 0.3 is 0 Å². The molecule has 5 heteroatoms. The molecule has 3 rings (SSSR count). The predicted octanol–water partition coefficient (Wildman–Crippen LogP) is 3.33. The first-order chi connectivity index (χ1) is 11.1. The molecule has 1 N–H and O–H groups in total. The lowest BCUT2D eigenvalue weighted by Crippen LogP contribution is -2.47. The van der Waals surface area contributed by atoms with Crippen LogP contribution in [0.3, 0.4) is 0 Å². The van der Waals surface area contributed by atoms with Gasteiger partial charge in [0, 0.05) is 43.4 Å². The fourth-order valence-corrected chi connectivity index (χ4v) is 3.11. The number of piperazine rings is 1. The van der Waals surface area contributed by atoms with Gasteiger partial charge in [-0.15, -0.1) is 0 Å². The number of hydrogen-bond donors (Lipinski definition) is 1. The summed E-state index contributed by atoms with van der Waals surface area (Å²) < 4.78 is 13.2. The second-order valence-corrected chi connectivity index (χ2v) is 6.27. The first-order valence-corrected chi connectivity index (χ1v) is 8.16. The molecule has 1 atom stereocenters. The van der Waals surface area contributed by atoms with E-state index in [1.807, 2.05) is 18.2 Å². The predicted molar refractivity (Wildman–Crippen MR) is 91.5 cm³/mol. The number of halogens is 2. The van der Waals surface area contributed by atoms with Crippen molar-refractivity contribution in [3.8, 4) is 0 Å². The third-order valence-corrected chi connectivity index (χ3v) is 4.45. The maximum absolute atomic E-state index is 13.2. The summed E-state index contributed by atoms with van der Waals surface area (Å²) >= 11 is 6.04. The molecule has 0 amide bonds. The molecule has 1 aliphatic rings. The molecular weight excluding hydrogens is 315 g/mol. The quantitative estimate of drug-likeness (QED) is 0.929. The molecule has 23 heavy (non-hydrogen) atoms. The summed E-state index contributed by atoms with van der Waals surface area (Å²) in [5.41, 5.74) is 1.75. The molecule has 0 bridgehead atoms. The lowest BCUT2D eigenvalue weighted by molar-refractivity contribution is 0.109. The molecule has 0 saturated carbocycles. The number of aliphatic hydroxyl groups excluding tert-OH is 1. The number of aliphatic hydroxyl groups is 1. The van der Waals surface area contributed by atoms with Crippen LogP contribution in [0.15, 0.2) is 48.5 Å². The van der Waals surface area contributed by atoms with E-state index >= 15 is 0 Å². The van der Waals surface area contributed by atoms with Crippen LogP contribution in [0, 0.1) is 5.82 Å². The zero-order valence-electron chi connectivity index (χ0n) is 12.8. The van der Waals surface area contributed by atoms with Gasteiger partial charge in [0.2, 0.25) is 0 Å². The maximum atomic E-state index is 13.2. The summed E-state index contributed by atoms with van der Waals surface area (Å²) in [4.78, 5) is 4.49. The SMILES string of the molecule is OC(CN1CCN(c2cccc(Cl)c2)CC1)c1cccc(F)c1. The van der Waals surface area contributed by atoms with Crippen molar-refractivity contribution < 1.29 is 9.50 Å². The van der Waals surface area contributed by atoms with E-state index < -0.39 is 6.10 Å². The van der Waals surface area contributed by atoms with Gasteiger partial charge < -0.3 is 10.0 Å². The smallest absolute Gasteiger partial charge is 0.123 e. The highest BCUT2D eigenvalue weighted by molar-refractivity contribution is 6.30. The molecule has 3 nitrogen and oxygen atoms in total. The molecule has 0 spiro atoms. The van der Waals surface area contributed by atoms with Crippen molar-refractivity contribution in [2.45, 2.75) is 6.10 Å². The van der Waals surface area contributed by atoms with E-state index in [4.69, 9.17) is 11.6 Å². The van der Waals surface area contributed by atoms with E-state index in [-0.39, 0.29) is 5.82 Å². The van der Waals surface area contributed by atoms with E-state index in [1.54, 1.807) is 12.1 Å². The molecule has 2 aromatic carbocycles. The van der Waals surface area contributed by atoms with Gasteiger partial charge in [-0.05, 0) is 35.9 Å². The molecule has 1 heterocycles. The third-order valence-electron chi connectivity index (χ3n) is 4.21. The Morgan fingerprint density at radius 3 is 2.48 bits per heavy atom. The molecule has 0 radical (unpaired) electrons. The Hall–Kier alpha value is -1.62. The van der Waals surface area contributed by atoms with Crippen molar-refractivity contribution in [1.29, 1.82) is 0 Å². The molecule has 122 valence electrons. The Kier molecular flexibility index (Phi) is 5.16. The summed E-state index contributed by atoms with van der Waals surface area (Å²) in [5.74, 6) is -0.313. The van der Waals surface area contributed by atoms with Crippen LogP contribution in [0.25, 0.3) is 0 Å². The Labute approximate surface area is 140 Å². The third kappa shape index (κ3) is 4.22. The van der Waals surface area contributed by atoms with Crippen LogP contribution in [0.4, 0.5) is 10.1 Å². The molecule has 0 aromatic heterocycles. The summed E-state index contributed by atoms with van der Waals surface area (Å²) in [5, 5.41) is 11.0. The Morgan fingerprint density at radius 2 is 1.78 bits per heavy atom. The van der Waals surface area contributed by atoms with E-state index in [1.165, 1.54) is 12.1 Å². The van der Waals surface area contributed by atoms with E-state index in [0.29, 0.717) is 12.1 Å². The monoisotopic (exact) mass is 334 g/mol. The summed E-state index contributed by atoms with van der Waals surface area (Å²) in [6.45, 7) is 4.01. The van der Waals surface area contributed by atoms with Crippen LogP contribution in [-0.4, -0.2) is 42.7 Å². The molecule has 1 unspecified atom stereocenters. The van der Waals surface area contributed by atoms with Crippen molar-refractivity contribution in [3.63, 3.8) is 0 Å². The average Bonchev–Trinajstić information content (AvgIpc) is 2.55. The Balaban J connectivity index is 1.55. The van der Waals surface area contributed by atoms with E-state index in [2.05, 4.69) is 15.9 Å². The molecular formula is C18H20ClFN2O. The van der Waals surface area contributed by atoms with Crippen LogP contribution in [-0.2, 0) is 0 Å². The number of rotatable bonds is 4. The van der Waals surface area contributed by atoms with Crippen LogP contribution in [0.5, 0.6) is 0 Å². The summed E-state index contributed by atoms with van der Waals surface area (Å²) in [6, 6.07) is 14.0. The van der Waals surface area contributed by atoms with Crippen molar-refractivity contribution in [1.82, 2.24) is 4.90 Å². The number of benzene rings is 2. The second kappa shape index (κ2) is 7.30. The lowest BCUT2D eigenvalue weighted by Gasteiger charge is -2.37. The largest absolute Gasteiger partial charge is 0.387 e. The first-order valence-electron chi connectivity index (χ1n) is 7.78. The Bertz CT molecular complexity index is 659. The highest BCUT2D eigenvalue weighted by Crippen LogP contribution is 2.22. The van der Waals surface area contributed by atoms with Gasteiger partial charge in [0.05, 0.1) is 6.10 Å². The van der Waals surface area contributed by atoms with Crippen LogP contribution < -0.4 is 4.90 Å². The van der Waals surface area contributed by atoms with Gasteiger partial charge in [-0.1, -0.05) is 29.8 Å². The number of β-amino-alcohol motifs (C(OH)–C–C–N with tert-alkyl or cyclic N) is 1. The fraction of sp³-hybridized carbons (Fsp3) is 0.333. The minimum absolute atomic E-state index is 0.313. The molecule has 1 aliphatic heterocycles. The molecule has 1 fully saturated rings. The number of nitrogens with zero attached hydrogens (tertiary/aromatic N) is 2. The average molecular weight is 335 g/mol. The Morgan fingerprint density at radius 1 is 1.04 bits per heavy atom. The molecule has 1 saturated heterocycles. The number of hydrogen-bond acceptors (Lipinski definition) is 3.